The molecule has 0 radical (unpaired) electrons. The minimum Gasteiger partial charge on any atom is -0.489 e. The molecule has 0 fully saturated rings. The molecule has 8 heteroatoms. The highest BCUT2D eigenvalue weighted by Crippen LogP contribution is 2.17. The topological polar surface area (TPSA) is 80.5 Å². The van der Waals surface area contributed by atoms with E-state index in [4.69, 9.17) is 21.0 Å². The van der Waals surface area contributed by atoms with Gasteiger partial charge in [-0.1, -0.05) is 40.1 Å². The van der Waals surface area contributed by atoms with Gasteiger partial charge in [0.25, 0.3) is 5.91 Å². The van der Waals surface area contributed by atoms with Crippen LogP contribution in [0.25, 0.3) is 0 Å². The molecule has 3 rings (SSSR count). The maximum absolute atomic E-state index is 12.2. The molecule has 30 heavy (non-hydrogen) atoms. The van der Waals surface area contributed by atoms with E-state index >= 15 is 0 Å². The maximum Gasteiger partial charge on any atom is 0.251 e. The van der Waals surface area contributed by atoms with Crippen molar-refractivity contribution >= 4 is 17.5 Å². The lowest BCUT2D eigenvalue weighted by atomic mass is 10.2. The lowest BCUT2D eigenvalue weighted by molar-refractivity contribution is 0.0932. The Hall–Kier alpha value is -2.90. The van der Waals surface area contributed by atoms with Gasteiger partial charge in [0, 0.05) is 23.7 Å². The van der Waals surface area contributed by atoms with Crippen LogP contribution in [-0.2, 0) is 13.1 Å². The highest BCUT2D eigenvalue weighted by atomic mass is 35.5. The molecular formula is C22H25ClN4O3. The van der Waals surface area contributed by atoms with Gasteiger partial charge in [0.05, 0.1) is 6.54 Å². The second-order valence-electron chi connectivity index (χ2n) is 7.26. The molecule has 0 saturated heterocycles. The molecule has 1 atom stereocenters. The summed E-state index contributed by atoms with van der Waals surface area (Å²) in [5.41, 5.74) is 3.26. The fourth-order valence-corrected chi connectivity index (χ4v) is 3.17. The maximum atomic E-state index is 12.2. The van der Waals surface area contributed by atoms with Crippen LogP contribution >= 0.6 is 11.6 Å². The predicted octanol–water partition coefficient (Wildman–Crippen LogP) is 3.86. The summed E-state index contributed by atoms with van der Waals surface area (Å²) >= 11 is 5.94. The van der Waals surface area contributed by atoms with Crippen molar-refractivity contribution in [2.75, 3.05) is 13.6 Å². The van der Waals surface area contributed by atoms with Crippen LogP contribution in [0.1, 0.15) is 34.2 Å². The number of hydrogen-bond donors (Lipinski definition) is 1. The molecular weight excluding hydrogens is 404 g/mol. The van der Waals surface area contributed by atoms with Crippen molar-refractivity contribution in [3.63, 3.8) is 0 Å². The Morgan fingerprint density at radius 1 is 1.20 bits per heavy atom. The molecule has 0 aliphatic carbocycles. The van der Waals surface area contributed by atoms with Gasteiger partial charge in [-0.15, -0.1) is 0 Å². The Morgan fingerprint density at radius 3 is 2.73 bits per heavy atom. The number of halogens is 1. The van der Waals surface area contributed by atoms with Crippen molar-refractivity contribution in [1.29, 1.82) is 0 Å². The van der Waals surface area contributed by atoms with Crippen LogP contribution in [0.3, 0.4) is 0 Å². The number of ether oxygens (including phenoxy) is 1. The van der Waals surface area contributed by atoms with Gasteiger partial charge in [-0.2, -0.15) is 0 Å². The number of carbonyl (C=O) groups excluding carboxylic acids is 1. The smallest absolute Gasteiger partial charge is 0.251 e. The molecule has 0 spiro atoms. The summed E-state index contributed by atoms with van der Waals surface area (Å²) in [6, 6.07) is 14.8. The Labute approximate surface area is 180 Å². The number of amides is 1. The molecule has 0 unspecified atom stereocenters. The lowest BCUT2D eigenvalue weighted by Gasteiger charge is -2.18. The predicted molar refractivity (Wildman–Crippen MR) is 115 cm³/mol. The van der Waals surface area contributed by atoms with Gasteiger partial charge in [0.2, 0.25) is 0 Å². The van der Waals surface area contributed by atoms with Crippen LogP contribution in [-0.4, -0.2) is 40.8 Å². The molecule has 1 N–H and O–H groups in total. The minimum absolute atomic E-state index is 0.180. The van der Waals surface area contributed by atoms with Gasteiger partial charge in [0.1, 0.15) is 23.2 Å². The first-order chi connectivity index (χ1) is 14.4. The highest BCUT2D eigenvalue weighted by molar-refractivity contribution is 6.30. The van der Waals surface area contributed by atoms with Gasteiger partial charge in [-0.05, 0) is 56.8 Å². The number of aromatic nitrogens is 2. The number of rotatable bonds is 9. The zero-order valence-electron chi connectivity index (χ0n) is 17.3. The van der Waals surface area contributed by atoms with Gasteiger partial charge < -0.3 is 10.1 Å². The van der Waals surface area contributed by atoms with Gasteiger partial charge in [0.15, 0.2) is 0 Å². The van der Waals surface area contributed by atoms with E-state index in [1.54, 1.807) is 24.3 Å². The standard InChI is InChI=1S/C22H25ClN4O3/c1-15(12-24-22(28)18-7-5-8-19(23)11-18)29-20-9-4-6-17(10-20)13-27(3)14-21-16(2)25-30-26-21/h4-11,15H,12-14H2,1-3H3,(H,24,28)/t15-/m1/s1. The van der Waals surface area contributed by atoms with Crippen molar-refractivity contribution in [2.24, 2.45) is 0 Å². The summed E-state index contributed by atoms with van der Waals surface area (Å²) in [6.45, 7) is 5.54. The minimum atomic E-state index is -0.190. The molecule has 158 valence electrons. The van der Waals surface area contributed by atoms with Crippen LogP contribution in [0, 0.1) is 6.92 Å². The Bertz CT molecular complexity index is 992. The molecule has 2 aromatic carbocycles. The zero-order valence-corrected chi connectivity index (χ0v) is 18.0. The van der Waals surface area contributed by atoms with Crippen LogP contribution in [0.15, 0.2) is 53.2 Å². The number of benzene rings is 2. The average molecular weight is 429 g/mol. The van der Waals surface area contributed by atoms with Crippen LogP contribution in [0.4, 0.5) is 0 Å². The van der Waals surface area contributed by atoms with Crippen molar-refractivity contribution in [2.45, 2.75) is 33.0 Å². The zero-order chi connectivity index (χ0) is 21.5. The Balaban J connectivity index is 1.50. The normalized spacial score (nSPS) is 12.0. The van der Waals surface area contributed by atoms with Crippen molar-refractivity contribution < 1.29 is 14.2 Å². The fourth-order valence-electron chi connectivity index (χ4n) is 2.98. The van der Waals surface area contributed by atoms with E-state index in [1.807, 2.05) is 45.2 Å². The third-order valence-electron chi connectivity index (χ3n) is 4.49. The number of hydrogen-bond acceptors (Lipinski definition) is 6. The quantitative estimate of drug-likeness (QED) is 0.557. The number of aryl methyl sites for hydroxylation is 1. The third kappa shape index (κ3) is 6.30. The first kappa shape index (κ1) is 21.8. The van der Waals surface area contributed by atoms with E-state index in [0.717, 1.165) is 29.2 Å². The molecule has 0 saturated carbocycles. The average Bonchev–Trinajstić information content (AvgIpc) is 3.10. The second kappa shape index (κ2) is 10.2. The van der Waals surface area contributed by atoms with Crippen LogP contribution in [0.5, 0.6) is 5.75 Å². The number of nitrogens with one attached hydrogen (secondary N) is 1. The molecule has 7 nitrogen and oxygen atoms in total. The molecule has 3 aromatic rings. The molecule has 1 heterocycles. The molecule has 0 bridgehead atoms. The third-order valence-corrected chi connectivity index (χ3v) is 4.73. The summed E-state index contributed by atoms with van der Waals surface area (Å²) in [7, 11) is 2.01. The molecule has 1 amide bonds. The summed E-state index contributed by atoms with van der Waals surface area (Å²) in [5, 5.41) is 11.1. The number of nitrogens with zero attached hydrogens (tertiary/aromatic N) is 3. The summed E-state index contributed by atoms with van der Waals surface area (Å²) < 4.78 is 10.7. The van der Waals surface area contributed by atoms with E-state index in [9.17, 15) is 4.79 Å². The Morgan fingerprint density at radius 2 is 2.00 bits per heavy atom. The fraction of sp³-hybridized carbons (Fsp3) is 0.318. The van der Waals surface area contributed by atoms with Gasteiger partial charge >= 0.3 is 0 Å². The second-order valence-corrected chi connectivity index (χ2v) is 7.70. The van der Waals surface area contributed by atoms with Gasteiger partial charge in [-0.3, -0.25) is 9.69 Å². The van der Waals surface area contributed by atoms with E-state index in [2.05, 4.69) is 20.5 Å². The first-order valence-corrected chi connectivity index (χ1v) is 10.0. The van der Waals surface area contributed by atoms with Gasteiger partial charge in [-0.25, -0.2) is 4.63 Å². The van der Waals surface area contributed by atoms with Crippen molar-refractivity contribution in [3.05, 3.63) is 76.1 Å². The lowest BCUT2D eigenvalue weighted by Crippen LogP contribution is -2.33. The van der Waals surface area contributed by atoms with E-state index in [-0.39, 0.29) is 12.0 Å². The molecule has 0 aliphatic rings. The largest absolute Gasteiger partial charge is 0.489 e. The van der Waals surface area contributed by atoms with E-state index in [1.165, 1.54) is 0 Å². The summed E-state index contributed by atoms with van der Waals surface area (Å²) in [5.74, 6) is 0.575. The summed E-state index contributed by atoms with van der Waals surface area (Å²) in [4.78, 5) is 14.4. The molecule has 1 aromatic heterocycles. The summed E-state index contributed by atoms with van der Waals surface area (Å²) in [6.07, 6.45) is -0.190. The SMILES string of the molecule is Cc1nonc1CN(C)Cc1cccc(O[C@H](C)CNC(=O)c2cccc(Cl)c2)c1. The van der Waals surface area contributed by atoms with E-state index in [0.29, 0.717) is 23.7 Å². The van der Waals surface area contributed by atoms with Crippen LogP contribution in [0.2, 0.25) is 5.02 Å². The Kier molecular flexibility index (Phi) is 7.43. The van der Waals surface area contributed by atoms with Crippen molar-refractivity contribution in [3.8, 4) is 5.75 Å². The van der Waals surface area contributed by atoms with Crippen LogP contribution < -0.4 is 10.1 Å². The van der Waals surface area contributed by atoms with E-state index < -0.39 is 0 Å². The number of carbonyl (C=O) groups is 1. The highest BCUT2D eigenvalue weighted by Gasteiger charge is 2.12. The van der Waals surface area contributed by atoms with Crippen molar-refractivity contribution in [1.82, 2.24) is 20.5 Å². The first-order valence-electron chi connectivity index (χ1n) is 9.66. The molecule has 0 aliphatic heterocycles. The monoisotopic (exact) mass is 428 g/mol.